The van der Waals surface area contributed by atoms with E-state index in [0.717, 1.165) is 58.7 Å². The number of amides is 1. The van der Waals surface area contributed by atoms with Gasteiger partial charge in [-0.1, -0.05) is 20.3 Å². The third-order valence-electron chi connectivity index (χ3n) is 4.61. The second-order valence-electron chi connectivity index (χ2n) is 7.07. The molecule has 1 amide bonds. The molecule has 1 aliphatic heterocycles. The molecular formula is C17H34ClN3O2. The molecule has 0 radical (unpaired) electrons. The van der Waals surface area contributed by atoms with Crippen molar-refractivity contribution in [2.75, 3.05) is 45.8 Å². The molecule has 23 heavy (non-hydrogen) atoms. The summed E-state index contributed by atoms with van der Waals surface area (Å²) in [6, 6.07) is 0. The summed E-state index contributed by atoms with van der Waals surface area (Å²) in [7, 11) is 0. The number of nitrogens with zero attached hydrogens (tertiary/aromatic N) is 2. The van der Waals surface area contributed by atoms with Gasteiger partial charge in [0.1, 0.15) is 6.10 Å². The Morgan fingerprint density at radius 2 is 1.78 bits per heavy atom. The highest BCUT2D eigenvalue weighted by Gasteiger charge is 2.25. The lowest BCUT2D eigenvalue weighted by atomic mass is 9.98. The SMILES string of the molecule is CC(C)CNCCN1CCN(C(=O)OC2CCCCC2)CC1.Cl. The molecule has 1 aliphatic carbocycles. The van der Waals surface area contributed by atoms with Crippen LogP contribution in [-0.4, -0.2) is 67.8 Å². The molecule has 2 fully saturated rings. The first-order chi connectivity index (χ1) is 10.6. The Hall–Kier alpha value is -0.520. The first kappa shape index (κ1) is 20.5. The van der Waals surface area contributed by atoms with Crippen LogP contribution in [0.15, 0.2) is 0 Å². The van der Waals surface area contributed by atoms with Gasteiger partial charge in [-0.05, 0) is 38.1 Å². The maximum atomic E-state index is 12.2. The number of hydrogen-bond donors (Lipinski definition) is 1. The molecule has 1 saturated carbocycles. The molecule has 1 N–H and O–H groups in total. The number of carbonyl (C=O) groups is 1. The maximum absolute atomic E-state index is 12.2. The number of piperazine rings is 1. The van der Waals surface area contributed by atoms with E-state index in [1.807, 2.05) is 4.90 Å². The highest BCUT2D eigenvalue weighted by molar-refractivity contribution is 5.85. The van der Waals surface area contributed by atoms with Crippen molar-refractivity contribution in [3.05, 3.63) is 0 Å². The van der Waals surface area contributed by atoms with E-state index >= 15 is 0 Å². The fourth-order valence-electron chi connectivity index (χ4n) is 3.18. The molecule has 5 nitrogen and oxygen atoms in total. The van der Waals surface area contributed by atoms with Crippen LogP contribution < -0.4 is 5.32 Å². The summed E-state index contributed by atoms with van der Waals surface area (Å²) in [6.45, 7) is 11.2. The molecule has 0 spiro atoms. The first-order valence-corrected chi connectivity index (χ1v) is 9.04. The van der Waals surface area contributed by atoms with Crippen molar-refractivity contribution in [1.82, 2.24) is 15.1 Å². The Kier molecular flexibility index (Phi) is 9.91. The number of nitrogens with one attached hydrogen (secondary N) is 1. The van der Waals surface area contributed by atoms with Crippen LogP contribution in [0.1, 0.15) is 46.0 Å². The lowest BCUT2D eigenvalue weighted by molar-refractivity contribution is 0.0330. The average Bonchev–Trinajstić information content (AvgIpc) is 2.53. The van der Waals surface area contributed by atoms with Crippen molar-refractivity contribution in [1.29, 1.82) is 0 Å². The van der Waals surface area contributed by atoms with E-state index in [2.05, 4.69) is 24.1 Å². The van der Waals surface area contributed by atoms with Crippen LogP contribution in [0.3, 0.4) is 0 Å². The van der Waals surface area contributed by atoms with E-state index in [9.17, 15) is 4.79 Å². The minimum atomic E-state index is -0.0931. The van der Waals surface area contributed by atoms with E-state index in [-0.39, 0.29) is 24.6 Å². The molecular weight excluding hydrogens is 314 g/mol. The molecule has 0 unspecified atom stereocenters. The van der Waals surface area contributed by atoms with Crippen molar-refractivity contribution in [2.45, 2.75) is 52.1 Å². The van der Waals surface area contributed by atoms with Gasteiger partial charge < -0.3 is 15.0 Å². The summed E-state index contributed by atoms with van der Waals surface area (Å²) in [5, 5.41) is 3.47. The Morgan fingerprint density at radius 3 is 2.39 bits per heavy atom. The van der Waals surface area contributed by atoms with Crippen LogP contribution in [0.2, 0.25) is 0 Å². The number of halogens is 1. The largest absolute Gasteiger partial charge is 0.446 e. The highest BCUT2D eigenvalue weighted by Crippen LogP contribution is 2.21. The molecule has 0 bridgehead atoms. The van der Waals surface area contributed by atoms with Gasteiger partial charge in [0.25, 0.3) is 0 Å². The van der Waals surface area contributed by atoms with Gasteiger partial charge >= 0.3 is 6.09 Å². The molecule has 2 aliphatic rings. The zero-order valence-electron chi connectivity index (χ0n) is 14.8. The molecule has 6 heteroatoms. The zero-order chi connectivity index (χ0) is 15.8. The minimum Gasteiger partial charge on any atom is -0.446 e. The predicted octanol–water partition coefficient (Wildman–Crippen LogP) is 2.74. The van der Waals surface area contributed by atoms with E-state index < -0.39 is 0 Å². The van der Waals surface area contributed by atoms with Gasteiger partial charge in [-0.25, -0.2) is 4.79 Å². The Labute approximate surface area is 147 Å². The van der Waals surface area contributed by atoms with Gasteiger partial charge in [0, 0.05) is 39.3 Å². The number of ether oxygens (including phenoxy) is 1. The summed E-state index contributed by atoms with van der Waals surface area (Å²) in [4.78, 5) is 16.5. The van der Waals surface area contributed by atoms with Gasteiger partial charge in [-0.3, -0.25) is 4.90 Å². The number of carbonyl (C=O) groups excluding carboxylic acids is 1. The van der Waals surface area contributed by atoms with Gasteiger partial charge in [0.05, 0.1) is 0 Å². The standard InChI is InChI=1S/C17H33N3O2.ClH/c1-15(2)14-18-8-9-19-10-12-20(13-11-19)17(21)22-16-6-4-3-5-7-16;/h15-16,18H,3-14H2,1-2H3;1H. The van der Waals surface area contributed by atoms with Crippen LogP contribution in [0.4, 0.5) is 4.79 Å². The average molecular weight is 348 g/mol. The fraction of sp³-hybridized carbons (Fsp3) is 0.941. The van der Waals surface area contributed by atoms with Gasteiger partial charge in [0.2, 0.25) is 0 Å². The number of rotatable bonds is 6. The van der Waals surface area contributed by atoms with Crippen LogP contribution in [0.25, 0.3) is 0 Å². The molecule has 0 aromatic carbocycles. The smallest absolute Gasteiger partial charge is 0.410 e. The molecule has 0 aromatic rings. The van der Waals surface area contributed by atoms with Crippen molar-refractivity contribution in [3.63, 3.8) is 0 Å². The molecule has 136 valence electrons. The van der Waals surface area contributed by atoms with Crippen molar-refractivity contribution in [2.24, 2.45) is 5.92 Å². The Bertz CT molecular complexity index is 328. The quantitative estimate of drug-likeness (QED) is 0.750. The normalized spacial score (nSPS) is 20.4. The second kappa shape index (κ2) is 11.1. The van der Waals surface area contributed by atoms with Crippen LogP contribution in [-0.2, 0) is 4.74 Å². The predicted molar refractivity (Wildman–Crippen MR) is 96.3 cm³/mol. The third-order valence-corrected chi connectivity index (χ3v) is 4.61. The number of hydrogen-bond acceptors (Lipinski definition) is 4. The molecule has 1 heterocycles. The molecule has 1 saturated heterocycles. The lowest BCUT2D eigenvalue weighted by Gasteiger charge is -2.35. The van der Waals surface area contributed by atoms with Gasteiger partial charge in [-0.2, -0.15) is 0 Å². The highest BCUT2D eigenvalue weighted by atomic mass is 35.5. The van der Waals surface area contributed by atoms with Crippen LogP contribution >= 0.6 is 12.4 Å². The van der Waals surface area contributed by atoms with Gasteiger partial charge in [-0.15, -0.1) is 12.4 Å². The van der Waals surface area contributed by atoms with Gasteiger partial charge in [0.15, 0.2) is 0 Å². The maximum Gasteiger partial charge on any atom is 0.410 e. The Morgan fingerprint density at radius 1 is 1.13 bits per heavy atom. The van der Waals surface area contributed by atoms with E-state index in [1.54, 1.807) is 0 Å². The Balaban J connectivity index is 0.00000264. The first-order valence-electron chi connectivity index (χ1n) is 9.04. The molecule has 0 atom stereocenters. The molecule has 0 aromatic heterocycles. The summed E-state index contributed by atoms with van der Waals surface area (Å²) in [5.74, 6) is 0.700. The monoisotopic (exact) mass is 347 g/mol. The van der Waals surface area contributed by atoms with Crippen molar-refractivity contribution in [3.8, 4) is 0 Å². The minimum absolute atomic E-state index is 0. The van der Waals surface area contributed by atoms with Crippen LogP contribution in [0.5, 0.6) is 0 Å². The third kappa shape index (κ3) is 7.73. The fourth-order valence-corrected chi connectivity index (χ4v) is 3.18. The van der Waals surface area contributed by atoms with Crippen molar-refractivity contribution < 1.29 is 9.53 Å². The lowest BCUT2D eigenvalue weighted by Crippen LogP contribution is -2.50. The van der Waals surface area contributed by atoms with Crippen molar-refractivity contribution >= 4 is 18.5 Å². The molecule has 2 rings (SSSR count). The van der Waals surface area contributed by atoms with E-state index in [4.69, 9.17) is 4.74 Å². The van der Waals surface area contributed by atoms with E-state index in [1.165, 1.54) is 19.3 Å². The summed E-state index contributed by atoms with van der Waals surface area (Å²) >= 11 is 0. The second-order valence-corrected chi connectivity index (χ2v) is 7.07. The zero-order valence-corrected chi connectivity index (χ0v) is 15.6. The summed E-state index contributed by atoms with van der Waals surface area (Å²) in [5.41, 5.74) is 0. The van der Waals surface area contributed by atoms with Crippen LogP contribution in [0, 0.1) is 5.92 Å². The topological polar surface area (TPSA) is 44.8 Å². The van der Waals surface area contributed by atoms with E-state index in [0.29, 0.717) is 5.92 Å². The summed E-state index contributed by atoms with van der Waals surface area (Å²) < 4.78 is 5.65. The summed E-state index contributed by atoms with van der Waals surface area (Å²) in [6.07, 6.45) is 5.87.